The minimum absolute atomic E-state index is 0.481. The first-order valence-corrected chi connectivity index (χ1v) is 5.32. The summed E-state index contributed by atoms with van der Waals surface area (Å²) in [6.07, 6.45) is 1.85. The minimum atomic E-state index is -0.627. The first-order valence-electron chi connectivity index (χ1n) is 5.32. The van der Waals surface area contributed by atoms with Gasteiger partial charge in [-0.15, -0.1) is 0 Å². The molecule has 1 aromatic heterocycles. The lowest BCUT2D eigenvalue weighted by Crippen LogP contribution is -2.09. The van der Waals surface area contributed by atoms with Crippen LogP contribution in [-0.2, 0) is 0 Å². The Morgan fingerprint density at radius 1 is 1.38 bits per heavy atom. The Bertz CT molecular complexity index is 450. The SMILES string of the molecule is [C-]#[N+]C(C)(C)C#Cc1ccc(C(C)C)cn1. The molecule has 0 bridgehead atoms. The molecule has 0 spiro atoms. The van der Waals surface area contributed by atoms with Crippen LogP contribution in [0.15, 0.2) is 18.3 Å². The molecule has 1 aromatic rings. The van der Waals surface area contributed by atoms with E-state index in [-0.39, 0.29) is 0 Å². The summed E-state index contributed by atoms with van der Waals surface area (Å²) < 4.78 is 0. The molecule has 16 heavy (non-hydrogen) atoms. The van der Waals surface area contributed by atoms with E-state index in [4.69, 9.17) is 6.57 Å². The van der Waals surface area contributed by atoms with Crippen molar-refractivity contribution < 1.29 is 0 Å². The van der Waals surface area contributed by atoms with Crippen LogP contribution in [0.4, 0.5) is 0 Å². The van der Waals surface area contributed by atoms with E-state index in [0.717, 1.165) is 5.69 Å². The van der Waals surface area contributed by atoms with Crippen molar-refractivity contribution in [2.45, 2.75) is 39.2 Å². The number of hydrogen-bond acceptors (Lipinski definition) is 1. The molecule has 0 radical (unpaired) electrons. The van der Waals surface area contributed by atoms with E-state index in [2.05, 4.69) is 35.5 Å². The Labute approximate surface area is 97.5 Å². The topological polar surface area (TPSA) is 17.2 Å². The third-order valence-corrected chi connectivity index (χ3v) is 2.23. The van der Waals surface area contributed by atoms with Crippen LogP contribution in [0.1, 0.15) is 44.9 Å². The van der Waals surface area contributed by atoms with E-state index in [1.165, 1.54) is 5.56 Å². The Morgan fingerprint density at radius 2 is 2.06 bits per heavy atom. The first kappa shape index (κ1) is 12.3. The average molecular weight is 212 g/mol. The summed E-state index contributed by atoms with van der Waals surface area (Å²) in [7, 11) is 0. The van der Waals surface area contributed by atoms with Gasteiger partial charge in [0.25, 0.3) is 5.54 Å². The normalized spacial score (nSPS) is 10.5. The Hall–Kier alpha value is -1.80. The lowest BCUT2D eigenvalue weighted by atomic mass is 10.1. The zero-order valence-electron chi connectivity index (χ0n) is 10.2. The molecule has 0 aliphatic carbocycles. The van der Waals surface area contributed by atoms with Gasteiger partial charge in [-0.05, 0) is 29.4 Å². The Kier molecular flexibility index (Phi) is 3.69. The molecule has 0 fully saturated rings. The predicted molar refractivity (Wildman–Crippen MR) is 65.9 cm³/mol. The molecule has 0 saturated heterocycles. The molecule has 1 rings (SSSR count). The number of pyridine rings is 1. The van der Waals surface area contributed by atoms with E-state index in [1.54, 1.807) is 13.8 Å². The van der Waals surface area contributed by atoms with Gasteiger partial charge in [0.1, 0.15) is 5.69 Å². The van der Waals surface area contributed by atoms with Crippen LogP contribution < -0.4 is 0 Å². The third-order valence-electron chi connectivity index (χ3n) is 2.23. The average Bonchev–Trinajstić information content (AvgIpc) is 2.27. The lowest BCUT2D eigenvalue weighted by molar-refractivity contribution is 0.804. The molecule has 0 saturated carbocycles. The maximum Gasteiger partial charge on any atom is 0.286 e. The van der Waals surface area contributed by atoms with Crippen molar-refractivity contribution in [2.75, 3.05) is 0 Å². The molecule has 0 amide bonds. The molecule has 2 heteroatoms. The summed E-state index contributed by atoms with van der Waals surface area (Å²) in [5, 5.41) is 0. The van der Waals surface area contributed by atoms with Crippen LogP contribution in [0.5, 0.6) is 0 Å². The highest BCUT2D eigenvalue weighted by Crippen LogP contribution is 2.12. The summed E-state index contributed by atoms with van der Waals surface area (Å²) in [5.41, 5.74) is 1.30. The van der Waals surface area contributed by atoms with Gasteiger partial charge in [0.05, 0.1) is 0 Å². The van der Waals surface area contributed by atoms with Gasteiger partial charge in [0, 0.05) is 20.0 Å². The smallest absolute Gasteiger partial charge is 0.286 e. The van der Waals surface area contributed by atoms with Gasteiger partial charge in [-0.1, -0.05) is 19.9 Å². The van der Waals surface area contributed by atoms with E-state index in [9.17, 15) is 0 Å². The quantitative estimate of drug-likeness (QED) is 0.516. The van der Waals surface area contributed by atoms with Gasteiger partial charge >= 0.3 is 0 Å². The van der Waals surface area contributed by atoms with Crippen molar-refractivity contribution in [3.63, 3.8) is 0 Å². The summed E-state index contributed by atoms with van der Waals surface area (Å²) >= 11 is 0. The van der Waals surface area contributed by atoms with Crippen molar-refractivity contribution in [1.82, 2.24) is 4.98 Å². The highest BCUT2D eigenvalue weighted by molar-refractivity contribution is 5.34. The Morgan fingerprint density at radius 3 is 2.50 bits per heavy atom. The van der Waals surface area contributed by atoms with Gasteiger partial charge in [-0.2, -0.15) is 0 Å². The van der Waals surface area contributed by atoms with E-state index < -0.39 is 5.54 Å². The number of aromatic nitrogens is 1. The summed E-state index contributed by atoms with van der Waals surface area (Å²) in [6, 6.07) is 3.94. The van der Waals surface area contributed by atoms with Crippen molar-refractivity contribution in [3.05, 3.63) is 41.0 Å². The highest BCUT2D eigenvalue weighted by Gasteiger charge is 2.17. The van der Waals surface area contributed by atoms with E-state index in [1.807, 2.05) is 18.3 Å². The maximum atomic E-state index is 6.96. The molecular formula is C14H16N2. The molecule has 1 heterocycles. The summed E-state index contributed by atoms with van der Waals surface area (Å²) in [4.78, 5) is 7.69. The fourth-order valence-electron chi connectivity index (χ4n) is 1.07. The third kappa shape index (κ3) is 3.41. The largest absolute Gasteiger partial charge is 0.297 e. The molecule has 2 nitrogen and oxygen atoms in total. The van der Waals surface area contributed by atoms with Crippen LogP contribution in [0.25, 0.3) is 4.85 Å². The van der Waals surface area contributed by atoms with Crippen LogP contribution in [0.3, 0.4) is 0 Å². The fraction of sp³-hybridized carbons (Fsp3) is 0.429. The Balaban J connectivity index is 2.89. The van der Waals surface area contributed by atoms with Crippen molar-refractivity contribution >= 4 is 0 Å². The molecule has 0 unspecified atom stereocenters. The second-order valence-corrected chi connectivity index (χ2v) is 4.55. The molecular weight excluding hydrogens is 196 g/mol. The maximum absolute atomic E-state index is 6.96. The molecule has 0 aromatic carbocycles. The standard InChI is InChI=1S/C14H16N2/c1-11(2)12-6-7-13(16-10-12)8-9-14(3,4)15-5/h6-7,10-11H,1-4H3. The fourth-order valence-corrected chi connectivity index (χ4v) is 1.07. The number of hydrogen-bond donors (Lipinski definition) is 0. The second kappa shape index (κ2) is 4.81. The van der Waals surface area contributed by atoms with Gasteiger partial charge in [0.2, 0.25) is 0 Å². The molecule has 0 N–H and O–H groups in total. The number of rotatable bonds is 1. The van der Waals surface area contributed by atoms with Crippen LogP contribution in [0, 0.1) is 18.4 Å². The van der Waals surface area contributed by atoms with Crippen LogP contribution >= 0.6 is 0 Å². The molecule has 0 aliphatic heterocycles. The zero-order valence-corrected chi connectivity index (χ0v) is 10.2. The van der Waals surface area contributed by atoms with E-state index in [0.29, 0.717) is 5.92 Å². The van der Waals surface area contributed by atoms with Gasteiger partial charge in [-0.25, -0.2) is 11.6 Å². The van der Waals surface area contributed by atoms with Crippen molar-refractivity contribution in [1.29, 1.82) is 0 Å². The van der Waals surface area contributed by atoms with Crippen LogP contribution in [-0.4, -0.2) is 10.5 Å². The van der Waals surface area contributed by atoms with Crippen LogP contribution in [0.2, 0.25) is 0 Å². The van der Waals surface area contributed by atoms with Crippen molar-refractivity contribution in [3.8, 4) is 11.8 Å². The summed E-state index contributed by atoms with van der Waals surface area (Å²) in [5.74, 6) is 6.31. The van der Waals surface area contributed by atoms with Gasteiger partial charge in [-0.3, -0.25) is 4.85 Å². The summed E-state index contributed by atoms with van der Waals surface area (Å²) in [6.45, 7) is 14.8. The molecule has 0 atom stereocenters. The van der Waals surface area contributed by atoms with E-state index >= 15 is 0 Å². The van der Waals surface area contributed by atoms with Gasteiger partial charge in [0.15, 0.2) is 0 Å². The lowest BCUT2D eigenvalue weighted by Gasteiger charge is -2.03. The minimum Gasteiger partial charge on any atom is -0.297 e. The van der Waals surface area contributed by atoms with Crippen molar-refractivity contribution in [2.24, 2.45) is 0 Å². The zero-order chi connectivity index (χ0) is 12.2. The first-order chi connectivity index (χ1) is 7.44. The second-order valence-electron chi connectivity index (χ2n) is 4.55. The highest BCUT2D eigenvalue weighted by atomic mass is 14.8. The molecule has 82 valence electrons. The predicted octanol–water partition coefficient (Wildman–Crippen LogP) is 3.25. The van der Waals surface area contributed by atoms with Gasteiger partial charge < -0.3 is 0 Å². The molecule has 0 aliphatic rings. The number of nitrogens with zero attached hydrogens (tertiary/aromatic N) is 2. The monoisotopic (exact) mass is 212 g/mol.